The van der Waals surface area contributed by atoms with E-state index in [1.807, 2.05) is 0 Å². The molecule has 5 nitrogen and oxygen atoms in total. The Balaban J connectivity index is 0.000000106. The Bertz CT molecular complexity index is 9530. The Morgan fingerprint density at radius 3 is 0.614 bits per heavy atom. The number of aromatic nitrogens is 5. The van der Waals surface area contributed by atoms with Crippen LogP contribution in [0.4, 0.5) is 0 Å². The SMILES string of the molecule is c1ccc(-c2ccc(C3c4ccccc4-c4c3ccc3c4-c4ccccc4C3c3ccc(-c4ccccc4)cc3)cc2)cc1.c1ccc(-c2ccc3c(c2)c2cc(-c4ccc5c(c4)c4cc(-c6ccccc6)ccc4n5-c4ccccc4)ccc2n3-c2ccccc2)cc1.c1ccc(-n2c3ccccc3c3cc(-c4ccc5c(c4)c4ccccc4n5-c4ccc5c(c4)c4ccccc4n5-c4ccccc4)ccc32)cc1. The van der Waals surface area contributed by atoms with Crippen LogP contribution in [0.2, 0.25) is 0 Å². The molecule has 5 heterocycles. The molecule has 0 N–H and O–H groups in total. The standard InChI is InChI=1S/C48H31N3.C48H32N2.C44H30/c1-3-13-34(14-4-1)49-43-20-10-7-17-37(43)40-29-32(23-26-46(40)49)33-24-27-47-41(30-33)38-18-8-12-22-45(38)51(47)36-25-28-48-42(31-36)39-19-9-11-21-44(39)50(48)35-15-5-2-6-16-35;1-5-13-33(14-6-1)35-21-25-45-41(29-35)43-31-37(23-27-47(43)49(45)39-17-9-3-10-18-39)38-24-28-48-44(32-38)42-30-36(34-15-7-2-8-16-34)22-26-46(42)50(48)40-19-11-4-12-20-40;1-3-11-29(12-4-1)31-19-23-33(24-20-31)41-35-15-7-9-17-37(35)43-39(41)27-28-40-42(36-16-8-10-18-38(36)44(40)43)34-25-21-32(22-26-34)30-13-5-2-6-14-30/h1-31H;1-32H;1-28,41-42H. The molecule has 5 aromatic heterocycles. The first-order valence-electron chi connectivity index (χ1n) is 50.2. The lowest BCUT2D eigenvalue weighted by molar-refractivity contribution is 0.998. The summed E-state index contributed by atoms with van der Waals surface area (Å²) in [4.78, 5) is 0. The van der Waals surface area contributed by atoms with Gasteiger partial charge in [-0.05, 0) is 280 Å². The van der Waals surface area contributed by atoms with Gasteiger partial charge in [-0.2, -0.15) is 0 Å². The van der Waals surface area contributed by atoms with Gasteiger partial charge >= 0.3 is 0 Å². The fourth-order valence-corrected chi connectivity index (χ4v) is 23.8. The summed E-state index contributed by atoms with van der Waals surface area (Å²) in [5.74, 6) is 0.431. The average Bonchev–Trinajstić information content (AvgIpc) is 1.55. The van der Waals surface area contributed by atoms with Gasteiger partial charge in [0, 0.05) is 94.1 Å². The Hall–Kier alpha value is -18.9. The fourth-order valence-electron chi connectivity index (χ4n) is 23.8. The third-order valence-electron chi connectivity index (χ3n) is 30.4. The Kier molecular flexibility index (Phi) is 20.4. The molecule has 30 rings (SSSR count). The van der Waals surface area contributed by atoms with Crippen LogP contribution in [0.3, 0.4) is 0 Å². The number of fused-ring (bicyclic) bond motifs is 22. The largest absolute Gasteiger partial charge is 0.309 e. The molecule has 23 aromatic carbocycles. The van der Waals surface area contributed by atoms with Gasteiger partial charge in [-0.15, -0.1) is 0 Å². The maximum atomic E-state index is 2.43. The molecule has 678 valence electrons. The smallest absolute Gasteiger partial charge is 0.0542 e. The van der Waals surface area contributed by atoms with Gasteiger partial charge in [0.1, 0.15) is 0 Å². The van der Waals surface area contributed by atoms with Crippen molar-refractivity contribution in [1.29, 1.82) is 0 Å². The molecule has 0 fully saturated rings. The van der Waals surface area contributed by atoms with Crippen LogP contribution in [-0.2, 0) is 0 Å². The fraction of sp³-hybridized carbons (Fsp3) is 0.0143. The van der Waals surface area contributed by atoms with Gasteiger partial charge in [0.15, 0.2) is 0 Å². The van der Waals surface area contributed by atoms with E-state index in [2.05, 4.69) is 575 Å². The lowest BCUT2D eigenvalue weighted by Gasteiger charge is -2.18. The molecule has 2 unspecified atom stereocenters. The zero-order valence-corrected chi connectivity index (χ0v) is 79.4. The van der Waals surface area contributed by atoms with Gasteiger partial charge in [-0.1, -0.05) is 394 Å². The van der Waals surface area contributed by atoms with Gasteiger partial charge in [-0.3, -0.25) is 0 Å². The van der Waals surface area contributed by atoms with E-state index in [4.69, 9.17) is 0 Å². The molecular weight excluding hydrogens is 1750 g/mol. The van der Waals surface area contributed by atoms with Crippen molar-refractivity contribution in [2.75, 3.05) is 0 Å². The summed E-state index contributed by atoms with van der Waals surface area (Å²) in [7, 11) is 0. The number of nitrogens with zero attached hydrogens (tertiary/aromatic N) is 5. The summed E-state index contributed by atoms with van der Waals surface area (Å²) in [6.45, 7) is 0. The predicted octanol–water partition coefficient (Wildman–Crippen LogP) is 36.9. The van der Waals surface area contributed by atoms with Crippen molar-refractivity contribution in [3.05, 3.63) is 585 Å². The summed E-state index contributed by atoms with van der Waals surface area (Å²) in [6.07, 6.45) is 0. The van der Waals surface area contributed by atoms with E-state index in [1.165, 1.54) is 243 Å². The summed E-state index contributed by atoms with van der Waals surface area (Å²) < 4.78 is 12.0. The zero-order chi connectivity index (χ0) is 95.5. The molecule has 2 aliphatic rings. The Labute approximate surface area is 840 Å². The monoisotopic (exact) mass is 1840 g/mol. The van der Waals surface area contributed by atoms with Crippen LogP contribution in [0.1, 0.15) is 45.2 Å². The Morgan fingerprint density at radius 2 is 0.317 bits per heavy atom. The van der Waals surface area contributed by atoms with E-state index in [-0.39, 0.29) is 11.8 Å². The quantitative estimate of drug-likeness (QED) is 0.110. The summed E-state index contributed by atoms with van der Waals surface area (Å²) in [5, 5.41) is 12.5. The van der Waals surface area contributed by atoms with E-state index in [9.17, 15) is 0 Å². The van der Waals surface area contributed by atoms with Gasteiger partial charge in [0.25, 0.3) is 0 Å². The first-order chi connectivity index (χ1) is 72.0. The molecule has 28 aromatic rings. The molecule has 0 saturated carbocycles. The van der Waals surface area contributed by atoms with Gasteiger partial charge < -0.3 is 22.8 Å². The van der Waals surface area contributed by atoms with Crippen LogP contribution in [0.15, 0.2) is 552 Å². The van der Waals surface area contributed by atoms with E-state index < -0.39 is 0 Å². The number of rotatable bonds is 13. The minimum absolute atomic E-state index is 0.215. The van der Waals surface area contributed by atoms with Gasteiger partial charge in [-0.25, -0.2) is 0 Å². The Morgan fingerprint density at radius 1 is 0.117 bits per heavy atom. The molecule has 0 amide bonds. The normalized spacial score (nSPS) is 13.0. The highest BCUT2D eigenvalue weighted by Crippen LogP contribution is 2.59. The molecule has 0 saturated heterocycles. The van der Waals surface area contributed by atoms with Crippen LogP contribution in [0, 0.1) is 0 Å². The van der Waals surface area contributed by atoms with Crippen molar-refractivity contribution in [3.63, 3.8) is 0 Å². The zero-order valence-electron chi connectivity index (χ0n) is 79.4. The first kappa shape index (κ1) is 84.2. The minimum Gasteiger partial charge on any atom is -0.309 e. The van der Waals surface area contributed by atoms with E-state index >= 15 is 0 Å². The molecule has 2 atom stereocenters. The van der Waals surface area contributed by atoms with E-state index in [1.54, 1.807) is 0 Å². The van der Waals surface area contributed by atoms with Crippen LogP contribution < -0.4 is 0 Å². The molecule has 2 aliphatic carbocycles. The maximum absolute atomic E-state index is 2.43. The number of para-hydroxylation sites is 7. The lowest BCUT2D eigenvalue weighted by Crippen LogP contribution is -2.01. The second-order valence-corrected chi connectivity index (χ2v) is 38.4. The van der Waals surface area contributed by atoms with Crippen LogP contribution in [0.5, 0.6) is 0 Å². The van der Waals surface area contributed by atoms with Gasteiger partial charge in [0.05, 0.1) is 55.2 Å². The number of benzene rings is 23. The van der Waals surface area contributed by atoms with Crippen molar-refractivity contribution in [2.45, 2.75) is 11.8 Å². The van der Waals surface area contributed by atoms with Crippen molar-refractivity contribution in [3.8, 4) is 117 Å². The van der Waals surface area contributed by atoms with Crippen molar-refractivity contribution in [2.24, 2.45) is 0 Å². The second kappa shape index (κ2) is 35.1. The molecule has 0 spiro atoms. The molecule has 0 aliphatic heterocycles. The molecule has 5 heteroatoms. The highest BCUT2D eigenvalue weighted by molar-refractivity contribution is 6.17. The third-order valence-corrected chi connectivity index (χ3v) is 30.4. The predicted molar refractivity (Wildman–Crippen MR) is 609 cm³/mol. The molecule has 0 radical (unpaired) electrons. The topological polar surface area (TPSA) is 24.6 Å². The highest BCUT2D eigenvalue weighted by Gasteiger charge is 2.39. The summed E-state index contributed by atoms with van der Waals surface area (Å²) in [6, 6.07) is 202. The maximum Gasteiger partial charge on any atom is 0.0542 e. The van der Waals surface area contributed by atoms with Crippen molar-refractivity contribution < 1.29 is 0 Å². The summed E-state index contributed by atoms with van der Waals surface area (Å²) >= 11 is 0. The van der Waals surface area contributed by atoms with Crippen molar-refractivity contribution in [1.82, 2.24) is 22.8 Å². The van der Waals surface area contributed by atoms with Crippen molar-refractivity contribution >= 4 is 109 Å². The molecule has 145 heavy (non-hydrogen) atoms. The number of hydrogen-bond acceptors (Lipinski definition) is 0. The lowest BCUT2D eigenvalue weighted by atomic mass is 9.85. The van der Waals surface area contributed by atoms with Gasteiger partial charge in [0.2, 0.25) is 0 Å². The third kappa shape index (κ3) is 14.3. The minimum atomic E-state index is 0.215. The van der Waals surface area contributed by atoms with Crippen LogP contribution >= 0.6 is 0 Å². The first-order valence-corrected chi connectivity index (χ1v) is 50.2. The van der Waals surface area contributed by atoms with Crippen LogP contribution in [-0.4, -0.2) is 22.8 Å². The second-order valence-electron chi connectivity index (χ2n) is 38.4. The van der Waals surface area contributed by atoms with E-state index in [0.29, 0.717) is 0 Å². The molecule has 0 bridgehead atoms. The number of hydrogen-bond donors (Lipinski definition) is 0. The average molecular weight is 1850 g/mol. The highest BCUT2D eigenvalue weighted by atomic mass is 15.0. The summed E-state index contributed by atoms with van der Waals surface area (Å²) in [5.41, 5.74) is 46.5. The molecular formula is C140H93N5. The van der Waals surface area contributed by atoms with Crippen LogP contribution in [0.25, 0.3) is 226 Å². The van der Waals surface area contributed by atoms with E-state index in [0.717, 1.165) is 17.1 Å².